The van der Waals surface area contributed by atoms with Crippen LogP contribution in [0.2, 0.25) is 0 Å². The van der Waals surface area contributed by atoms with Gasteiger partial charge >= 0.3 is 0 Å². The molecular weight excluding hydrogens is 303 g/mol. The number of amides is 1. The Morgan fingerprint density at radius 1 is 1.32 bits per heavy atom. The number of nitrogens with one attached hydrogen (secondary N) is 1. The summed E-state index contributed by atoms with van der Waals surface area (Å²) in [5, 5.41) is 2.81. The van der Waals surface area contributed by atoms with E-state index in [1.807, 2.05) is 6.07 Å². The van der Waals surface area contributed by atoms with Gasteiger partial charge in [0.2, 0.25) is 11.8 Å². The Labute approximate surface area is 133 Å². The number of rotatable bonds is 7. The third kappa shape index (κ3) is 5.04. The van der Waals surface area contributed by atoms with Crippen LogP contribution in [0.4, 0.5) is 4.39 Å². The van der Waals surface area contributed by atoms with Crippen molar-refractivity contribution in [1.29, 1.82) is 0 Å². The molecule has 0 bridgehead atoms. The lowest BCUT2D eigenvalue weighted by Gasteiger charge is -2.06. The summed E-state index contributed by atoms with van der Waals surface area (Å²) in [6.07, 6.45) is 2.00. The smallest absolute Gasteiger partial charge is 0.221 e. The minimum atomic E-state index is -0.253. The minimum absolute atomic E-state index is 0.0698. The average Bonchev–Trinajstić information content (AvgIpc) is 2.55. The number of hydrogen-bond acceptors (Lipinski definition) is 4. The molecule has 1 N–H and O–H groups in total. The maximum atomic E-state index is 13.4. The number of benzene rings is 1. The van der Waals surface area contributed by atoms with Crippen LogP contribution in [-0.2, 0) is 11.3 Å². The van der Waals surface area contributed by atoms with Gasteiger partial charge in [0.05, 0.1) is 7.11 Å². The molecule has 1 aromatic heterocycles. The van der Waals surface area contributed by atoms with Gasteiger partial charge in [0, 0.05) is 35.9 Å². The standard InChI is InChI=1S/C16H17FN2O2S/c1-21-16-7-6-12(11-19-16)10-18-15(20)8-9-22-14-5-3-2-4-13(14)17/h2-7,11H,8-10H2,1H3,(H,18,20). The third-order valence-electron chi connectivity index (χ3n) is 2.92. The maximum Gasteiger partial charge on any atom is 0.221 e. The Balaban J connectivity index is 1.70. The minimum Gasteiger partial charge on any atom is -0.481 e. The van der Waals surface area contributed by atoms with Crippen LogP contribution < -0.4 is 10.1 Å². The molecule has 0 saturated carbocycles. The van der Waals surface area contributed by atoms with Crippen LogP contribution >= 0.6 is 11.8 Å². The van der Waals surface area contributed by atoms with E-state index >= 15 is 0 Å². The normalized spacial score (nSPS) is 10.3. The van der Waals surface area contributed by atoms with Gasteiger partial charge in [0.25, 0.3) is 0 Å². The molecular formula is C16H17FN2O2S. The van der Waals surface area contributed by atoms with Crippen LogP contribution in [0, 0.1) is 5.82 Å². The third-order valence-corrected chi connectivity index (χ3v) is 3.97. The van der Waals surface area contributed by atoms with Crippen LogP contribution in [-0.4, -0.2) is 23.8 Å². The monoisotopic (exact) mass is 320 g/mol. The molecule has 1 amide bonds. The molecule has 4 nitrogen and oxygen atoms in total. The van der Waals surface area contributed by atoms with E-state index in [1.165, 1.54) is 17.8 Å². The Hall–Kier alpha value is -2.08. The average molecular weight is 320 g/mol. The number of thioether (sulfide) groups is 1. The number of aromatic nitrogens is 1. The molecule has 0 unspecified atom stereocenters. The van der Waals surface area contributed by atoms with Crippen molar-refractivity contribution in [2.75, 3.05) is 12.9 Å². The van der Waals surface area contributed by atoms with Crippen LogP contribution in [0.15, 0.2) is 47.5 Å². The predicted molar refractivity (Wildman–Crippen MR) is 84.4 cm³/mol. The first-order valence-electron chi connectivity index (χ1n) is 6.82. The summed E-state index contributed by atoms with van der Waals surface area (Å²) >= 11 is 1.34. The zero-order valence-corrected chi connectivity index (χ0v) is 13.0. The highest BCUT2D eigenvalue weighted by atomic mass is 32.2. The highest BCUT2D eigenvalue weighted by Crippen LogP contribution is 2.21. The number of nitrogens with zero attached hydrogens (tertiary/aromatic N) is 1. The summed E-state index contributed by atoms with van der Waals surface area (Å²) in [5.74, 6) is 0.751. The molecule has 0 aliphatic heterocycles. The second-order valence-corrected chi connectivity index (χ2v) is 5.65. The Morgan fingerprint density at radius 3 is 2.82 bits per heavy atom. The van der Waals surface area contributed by atoms with Crippen LogP contribution in [0.5, 0.6) is 5.88 Å². The first kappa shape index (κ1) is 16.3. The van der Waals surface area contributed by atoms with Crippen molar-refractivity contribution >= 4 is 17.7 Å². The fourth-order valence-corrected chi connectivity index (χ4v) is 2.63. The molecule has 22 heavy (non-hydrogen) atoms. The first-order valence-corrected chi connectivity index (χ1v) is 7.80. The van der Waals surface area contributed by atoms with E-state index in [9.17, 15) is 9.18 Å². The van der Waals surface area contributed by atoms with Gasteiger partial charge in [0.15, 0.2) is 0 Å². The molecule has 1 aromatic carbocycles. The van der Waals surface area contributed by atoms with Crippen molar-refractivity contribution in [3.8, 4) is 5.88 Å². The fraction of sp³-hybridized carbons (Fsp3) is 0.250. The SMILES string of the molecule is COc1ccc(CNC(=O)CCSc2ccccc2F)cn1. The second-order valence-electron chi connectivity index (χ2n) is 4.51. The zero-order chi connectivity index (χ0) is 15.8. The van der Waals surface area contributed by atoms with Gasteiger partial charge in [-0.25, -0.2) is 9.37 Å². The summed E-state index contributed by atoms with van der Waals surface area (Å²) < 4.78 is 18.4. The number of carbonyl (C=O) groups is 1. The molecule has 0 radical (unpaired) electrons. The van der Waals surface area contributed by atoms with Gasteiger partial charge in [-0.1, -0.05) is 18.2 Å². The van der Waals surface area contributed by atoms with E-state index < -0.39 is 0 Å². The fourth-order valence-electron chi connectivity index (χ4n) is 1.74. The molecule has 1 heterocycles. The number of ether oxygens (including phenoxy) is 1. The van der Waals surface area contributed by atoms with Crippen molar-refractivity contribution in [2.45, 2.75) is 17.9 Å². The second kappa shape index (κ2) is 8.38. The van der Waals surface area contributed by atoms with E-state index in [0.29, 0.717) is 29.5 Å². The summed E-state index contributed by atoms with van der Waals surface area (Å²) in [5.41, 5.74) is 0.899. The lowest BCUT2D eigenvalue weighted by molar-refractivity contribution is -0.120. The summed E-state index contributed by atoms with van der Waals surface area (Å²) in [4.78, 5) is 16.4. The van der Waals surface area contributed by atoms with Gasteiger partial charge in [-0.15, -0.1) is 11.8 Å². The van der Waals surface area contributed by atoms with Gasteiger partial charge in [-0.3, -0.25) is 4.79 Å². The number of methoxy groups -OCH3 is 1. The maximum absolute atomic E-state index is 13.4. The van der Waals surface area contributed by atoms with E-state index in [0.717, 1.165) is 5.56 Å². The van der Waals surface area contributed by atoms with Crippen LogP contribution in [0.3, 0.4) is 0 Å². The number of pyridine rings is 1. The molecule has 0 aliphatic rings. The molecule has 0 atom stereocenters. The topological polar surface area (TPSA) is 51.2 Å². The molecule has 6 heteroatoms. The van der Waals surface area contributed by atoms with E-state index in [-0.39, 0.29) is 11.7 Å². The molecule has 0 spiro atoms. The summed E-state index contributed by atoms with van der Waals surface area (Å²) in [6, 6.07) is 10.1. The number of hydrogen-bond donors (Lipinski definition) is 1. The Bertz CT molecular complexity index is 620. The van der Waals surface area contributed by atoms with E-state index in [2.05, 4.69) is 10.3 Å². The van der Waals surface area contributed by atoms with E-state index in [4.69, 9.17) is 4.74 Å². The number of carbonyl (C=O) groups excluding carboxylic acids is 1. The molecule has 0 fully saturated rings. The van der Waals surface area contributed by atoms with Gasteiger partial charge in [-0.2, -0.15) is 0 Å². The number of halogens is 1. The predicted octanol–water partition coefficient (Wildman–Crippen LogP) is 3.03. The lowest BCUT2D eigenvalue weighted by atomic mass is 10.3. The van der Waals surface area contributed by atoms with Crippen LogP contribution in [0.1, 0.15) is 12.0 Å². The molecule has 2 rings (SSSR count). The summed E-state index contributed by atoms with van der Waals surface area (Å²) in [6.45, 7) is 0.417. The molecule has 0 saturated heterocycles. The Morgan fingerprint density at radius 2 is 2.14 bits per heavy atom. The molecule has 0 aliphatic carbocycles. The zero-order valence-electron chi connectivity index (χ0n) is 12.2. The quantitative estimate of drug-likeness (QED) is 0.797. The highest BCUT2D eigenvalue weighted by molar-refractivity contribution is 7.99. The van der Waals surface area contributed by atoms with Crippen molar-refractivity contribution in [3.63, 3.8) is 0 Å². The van der Waals surface area contributed by atoms with Crippen molar-refractivity contribution in [1.82, 2.24) is 10.3 Å². The molecule has 2 aromatic rings. The summed E-state index contributed by atoms with van der Waals surface area (Å²) in [7, 11) is 1.55. The van der Waals surface area contributed by atoms with Crippen LogP contribution in [0.25, 0.3) is 0 Å². The molecule has 116 valence electrons. The highest BCUT2D eigenvalue weighted by Gasteiger charge is 2.05. The Kier molecular flexibility index (Phi) is 6.21. The van der Waals surface area contributed by atoms with Gasteiger partial charge in [0.1, 0.15) is 5.82 Å². The van der Waals surface area contributed by atoms with Crippen molar-refractivity contribution in [2.24, 2.45) is 0 Å². The van der Waals surface area contributed by atoms with Gasteiger partial charge in [-0.05, 0) is 17.7 Å². The first-order chi connectivity index (χ1) is 10.7. The largest absolute Gasteiger partial charge is 0.481 e. The lowest BCUT2D eigenvalue weighted by Crippen LogP contribution is -2.23. The van der Waals surface area contributed by atoms with Crippen molar-refractivity contribution in [3.05, 3.63) is 54.0 Å². The van der Waals surface area contributed by atoms with E-state index in [1.54, 1.807) is 37.6 Å². The van der Waals surface area contributed by atoms with Gasteiger partial charge < -0.3 is 10.1 Å². The van der Waals surface area contributed by atoms with Crippen molar-refractivity contribution < 1.29 is 13.9 Å².